The Bertz CT molecular complexity index is 254. The molecule has 0 aliphatic carbocycles. The zero-order valence-electron chi connectivity index (χ0n) is 6.30. The van der Waals surface area contributed by atoms with Crippen LogP contribution in [0.15, 0.2) is 21.8 Å². The van der Waals surface area contributed by atoms with Gasteiger partial charge in [-0.1, -0.05) is 0 Å². The quantitative estimate of drug-likeness (QED) is 0.734. The summed E-state index contributed by atoms with van der Waals surface area (Å²) in [5.74, 6) is 0.854. The first-order valence-corrected chi connectivity index (χ1v) is 5.03. The van der Waals surface area contributed by atoms with Crippen LogP contribution < -0.4 is 4.74 Å². The molecule has 11 heavy (non-hydrogen) atoms. The maximum Gasteiger partial charge on any atom is 0.149 e. The molecule has 0 radical (unpaired) electrons. The average Bonchev–Trinajstić information content (AvgIpc) is 2.04. The molecule has 0 amide bonds. The van der Waals surface area contributed by atoms with Gasteiger partial charge < -0.3 is 4.74 Å². The fraction of sp³-hybridized carbons (Fsp3) is 0.286. The second kappa shape index (κ2) is 3.97. The Morgan fingerprint density at radius 2 is 2.27 bits per heavy atom. The van der Waals surface area contributed by atoms with Crippen LogP contribution in [0.25, 0.3) is 0 Å². The second-order valence-corrected chi connectivity index (χ2v) is 3.56. The summed E-state index contributed by atoms with van der Waals surface area (Å²) in [5, 5.41) is 0. The number of rotatable bonds is 2. The molecule has 0 spiro atoms. The van der Waals surface area contributed by atoms with Crippen LogP contribution in [-0.4, -0.2) is 18.3 Å². The van der Waals surface area contributed by atoms with Crippen LogP contribution in [0.4, 0.5) is 0 Å². The van der Waals surface area contributed by atoms with E-state index in [2.05, 4.69) is 20.9 Å². The maximum absolute atomic E-state index is 5.16. The summed E-state index contributed by atoms with van der Waals surface area (Å²) in [6.07, 6.45) is 5.50. The molecule has 0 saturated heterocycles. The number of ether oxygens (including phenoxy) is 1. The van der Waals surface area contributed by atoms with Crippen molar-refractivity contribution in [3.8, 4) is 5.75 Å². The van der Waals surface area contributed by atoms with Crippen LogP contribution in [0.3, 0.4) is 0 Å². The van der Waals surface area contributed by atoms with Crippen molar-refractivity contribution in [3.05, 3.63) is 16.9 Å². The second-order valence-electron chi connectivity index (χ2n) is 1.86. The van der Waals surface area contributed by atoms with Gasteiger partial charge in [-0.15, -0.1) is 11.8 Å². The van der Waals surface area contributed by atoms with Crippen LogP contribution in [0, 0.1) is 0 Å². The lowest BCUT2D eigenvalue weighted by atomic mass is 10.4. The summed E-state index contributed by atoms with van der Waals surface area (Å²) in [7, 11) is 1.65. The van der Waals surface area contributed by atoms with Gasteiger partial charge in [0.25, 0.3) is 0 Å². The molecule has 0 aliphatic rings. The van der Waals surface area contributed by atoms with E-state index in [1.54, 1.807) is 31.3 Å². The van der Waals surface area contributed by atoms with E-state index in [0.717, 1.165) is 15.1 Å². The van der Waals surface area contributed by atoms with Crippen LogP contribution >= 0.6 is 27.7 Å². The van der Waals surface area contributed by atoms with E-state index in [0.29, 0.717) is 0 Å². The van der Waals surface area contributed by atoms with Gasteiger partial charge in [0.15, 0.2) is 0 Å². The molecule has 4 heteroatoms. The van der Waals surface area contributed by atoms with E-state index in [1.807, 2.05) is 6.26 Å². The van der Waals surface area contributed by atoms with Crippen molar-refractivity contribution < 1.29 is 4.74 Å². The van der Waals surface area contributed by atoms with Gasteiger partial charge in [-0.05, 0) is 22.2 Å². The molecular formula is C7H8BrNOS. The topological polar surface area (TPSA) is 22.1 Å². The lowest BCUT2D eigenvalue weighted by Gasteiger charge is -2.05. The van der Waals surface area contributed by atoms with Crippen molar-refractivity contribution in [3.63, 3.8) is 0 Å². The zero-order chi connectivity index (χ0) is 8.27. The predicted octanol–water partition coefficient (Wildman–Crippen LogP) is 2.57. The molecule has 60 valence electrons. The molecule has 1 aromatic rings. The molecule has 0 aliphatic heterocycles. The monoisotopic (exact) mass is 233 g/mol. The molecular weight excluding hydrogens is 226 g/mol. The Morgan fingerprint density at radius 3 is 2.73 bits per heavy atom. The van der Waals surface area contributed by atoms with Crippen LogP contribution in [0.2, 0.25) is 0 Å². The Morgan fingerprint density at radius 1 is 1.55 bits per heavy atom. The van der Waals surface area contributed by atoms with E-state index in [9.17, 15) is 0 Å². The van der Waals surface area contributed by atoms with E-state index >= 15 is 0 Å². The number of methoxy groups -OCH3 is 1. The lowest BCUT2D eigenvalue weighted by molar-refractivity contribution is 0.401. The van der Waals surface area contributed by atoms with Gasteiger partial charge in [-0.2, -0.15) is 0 Å². The number of thioether (sulfide) groups is 1. The van der Waals surface area contributed by atoms with Crippen LogP contribution in [0.5, 0.6) is 5.75 Å². The minimum atomic E-state index is 0.854. The summed E-state index contributed by atoms with van der Waals surface area (Å²) in [4.78, 5) is 5.06. The Labute approximate surface area is 78.5 Å². The highest BCUT2D eigenvalue weighted by Gasteiger charge is 2.05. The van der Waals surface area contributed by atoms with E-state index in [4.69, 9.17) is 4.74 Å². The Balaban J connectivity index is 3.13. The maximum atomic E-state index is 5.16. The molecule has 0 aromatic carbocycles. The molecule has 0 atom stereocenters. The highest BCUT2D eigenvalue weighted by molar-refractivity contribution is 9.10. The summed E-state index contributed by atoms with van der Waals surface area (Å²) < 4.78 is 6.05. The molecule has 2 nitrogen and oxygen atoms in total. The SMILES string of the molecule is COc1c(Br)cncc1SC. The Kier molecular flexibility index (Phi) is 3.20. The number of nitrogens with zero attached hydrogens (tertiary/aromatic N) is 1. The van der Waals surface area contributed by atoms with Crippen molar-refractivity contribution in [2.75, 3.05) is 13.4 Å². The molecule has 0 N–H and O–H groups in total. The first-order chi connectivity index (χ1) is 5.29. The first kappa shape index (κ1) is 8.87. The molecule has 0 fully saturated rings. The molecule has 1 rings (SSSR count). The third kappa shape index (κ3) is 1.87. The van der Waals surface area contributed by atoms with Gasteiger partial charge in [0.2, 0.25) is 0 Å². The highest BCUT2D eigenvalue weighted by atomic mass is 79.9. The third-order valence-corrected chi connectivity index (χ3v) is 2.54. The van der Waals surface area contributed by atoms with Crippen LogP contribution in [-0.2, 0) is 0 Å². The van der Waals surface area contributed by atoms with Gasteiger partial charge in [0.05, 0.1) is 16.5 Å². The van der Waals surface area contributed by atoms with E-state index in [1.165, 1.54) is 0 Å². The van der Waals surface area contributed by atoms with Crippen molar-refractivity contribution in [2.24, 2.45) is 0 Å². The first-order valence-electron chi connectivity index (χ1n) is 3.01. The smallest absolute Gasteiger partial charge is 0.149 e. The number of hydrogen-bond donors (Lipinski definition) is 0. The summed E-state index contributed by atoms with van der Waals surface area (Å²) >= 11 is 4.96. The summed E-state index contributed by atoms with van der Waals surface area (Å²) in [6, 6.07) is 0. The van der Waals surface area contributed by atoms with E-state index < -0.39 is 0 Å². The number of hydrogen-bond acceptors (Lipinski definition) is 3. The molecule has 1 heterocycles. The fourth-order valence-corrected chi connectivity index (χ4v) is 1.92. The molecule has 1 aromatic heterocycles. The minimum absolute atomic E-state index is 0.854. The van der Waals surface area contributed by atoms with Crippen molar-refractivity contribution in [2.45, 2.75) is 4.90 Å². The van der Waals surface area contributed by atoms with Crippen LogP contribution in [0.1, 0.15) is 0 Å². The Hall–Kier alpha value is -0.220. The summed E-state index contributed by atoms with van der Waals surface area (Å²) in [5.41, 5.74) is 0. The van der Waals surface area contributed by atoms with Gasteiger partial charge in [-0.3, -0.25) is 4.98 Å². The largest absolute Gasteiger partial charge is 0.494 e. The molecule has 0 unspecified atom stereocenters. The lowest BCUT2D eigenvalue weighted by Crippen LogP contribution is -1.88. The number of aromatic nitrogens is 1. The fourth-order valence-electron chi connectivity index (χ4n) is 0.749. The van der Waals surface area contributed by atoms with E-state index in [-0.39, 0.29) is 0 Å². The molecule has 0 bridgehead atoms. The van der Waals surface area contributed by atoms with Crippen molar-refractivity contribution >= 4 is 27.7 Å². The normalized spacial score (nSPS) is 9.73. The zero-order valence-corrected chi connectivity index (χ0v) is 8.70. The van der Waals surface area contributed by atoms with Gasteiger partial charge in [-0.25, -0.2) is 0 Å². The highest BCUT2D eigenvalue weighted by Crippen LogP contribution is 2.32. The molecule has 0 saturated carbocycles. The predicted molar refractivity (Wildman–Crippen MR) is 50.3 cm³/mol. The van der Waals surface area contributed by atoms with Gasteiger partial charge in [0, 0.05) is 12.4 Å². The van der Waals surface area contributed by atoms with Crippen molar-refractivity contribution in [1.29, 1.82) is 0 Å². The average molecular weight is 234 g/mol. The number of pyridine rings is 1. The standard InChI is InChI=1S/C7H8BrNOS/c1-10-7-5(8)3-9-4-6(7)11-2/h3-4H,1-2H3. The van der Waals surface area contributed by atoms with Gasteiger partial charge >= 0.3 is 0 Å². The summed E-state index contributed by atoms with van der Waals surface area (Å²) in [6.45, 7) is 0. The minimum Gasteiger partial charge on any atom is -0.494 e. The van der Waals surface area contributed by atoms with Gasteiger partial charge in [0.1, 0.15) is 5.75 Å². The number of halogens is 1. The third-order valence-electron chi connectivity index (χ3n) is 1.24. The van der Waals surface area contributed by atoms with Crippen molar-refractivity contribution in [1.82, 2.24) is 4.98 Å².